The number of nitrogens with two attached hydrogens (primary N) is 1. The number of para-hydroxylation sites is 1. The third-order valence-electron chi connectivity index (χ3n) is 2.19. The standard InChI is InChI=1S/C11H13F3N2O2/c1-18-9-7(3-2-4-8(9)15)10(17)16-6-5-11(12,13)14/h2-4H,5-6,15H2,1H3,(H,16,17). The maximum Gasteiger partial charge on any atom is 0.390 e. The molecule has 0 heterocycles. The van der Waals surface area contributed by atoms with Gasteiger partial charge >= 0.3 is 6.18 Å². The zero-order valence-corrected chi connectivity index (χ0v) is 9.67. The van der Waals surface area contributed by atoms with Crippen molar-refractivity contribution in [2.75, 3.05) is 19.4 Å². The topological polar surface area (TPSA) is 64.3 Å². The second kappa shape index (κ2) is 5.61. The Morgan fingerprint density at radius 3 is 2.67 bits per heavy atom. The van der Waals surface area contributed by atoms with Crippen LogP contribution in [0.1, 0.15) is 16.8 Å². The molecule has 3 N–H and O–H groups in total. The molecule has 1 amide bonds. The lowest BCUT2D eigenvalue weighted by Crippen LogP contribution is -2.28. The Morgan fingerprint density at radius 1 is 1.44 bits per heavy atom. The lowest BCUT2D eigenvalue weighted by Gasteiger charge is -2.11. The number of hydrogen-bond acceptors (Lipinski definition) is 3. The number of carbonyl (C=O) groups excluding carboxylic acids is 1. The Labute approximate surface area is 102 Å². The van der Waals surface area contributed by atoms with Gasteiger partial charge in [0.15, 0.2) is 5.75 Å². The van der Waals surface area contributed by atoms with Crippen LogP contribution in [0.2, 0.25) is 0 Å². The molecule has 0 atom stereocenters. The van der Waals surface area contributed by atoms with Crippen LogP contribution < -0.4 is 15.8 Å². The number of nitrogens with one attached hydrogen (secondary N) is 1. The minimum absolute atomic E-state index is 0.111. The quantitative estimate of drug-likeness (QED) is 0.815. The summed E-state index contributed by atoms with van der Waals surface area (Å²) in [6.07, 6.45) is -5.38. The number of alkyl halides is 3. The van der Waals surface area contributed by atoms with Crippen LogP contribution in [0.15, 0.2) is 18.2 Å². The molecule has 0 aliphatic heterocycles. The van der Waals surface area contributed by atoms with Crippen molar-refractivity contribution >= 4 is 11.6 Å². The highest BCUT2D eigenvalue weighted by Gasteiger charge is 2.26. The molecule has 7 heteroatoms. The number of anilines is 1. The summed E-state index contributed by atoms with van der Waals surface area (Å²) in [6.45, 7) is -0.486. The van der Waals surface area contributed by atoms with Gasteiger partial charge in [-0.2, -0.15) is 13.2 Å². The second-order valence-corrected chi connectivity index (χ2v) is 3.55. The Bertz CT molecular complexity index is 433. The highest BCUT2D eigenvalue weighted by molar-refractivity contribution is 5.98. The van der Waals surface area contributed by atoms with Gasteiger partial charge in [0.2, 0.25) is 0 Å². The molecule has 0 aliphatic rings. The molecule has 1 aromatic carbocycles. The van der Waals surface area contributed by atoms with Gasteiger partial charge in [-0.1, -0.05) is 6.07 Å². The molecule has 1 rings (SSSR count). The van der Waals surface area contributed by atoms with E-state index >= 15 is 0 Å². The van der Waals surface area contributed by atoms with Gasteiger partial charge in [0.25, 0.3) is 5.91 Å². The van der Waals surface area contributed by atoms with Gasteiger partial charge in [-0.3, -0.25) is 4.79 Å². The molecule has 0 aromatic heterocycles. The van der Waals surface area contributed by atoms with Crippen LogP contribution in [0.25, 0.3) is 0 Å². The lowest BCUT2D eigenvalue weighted by atomic mass is 10.1. The van der Waals surface area contributed by atoms with Crippen LogP contribution >= 0.6 is 0 Å². The maximum atomic E-state index is 11.9. The molecule has 0 spiro atoms. The number of methoxy groups -OCH3 is 1. The average molecular weight is 262 g/mol. The van der Waals surface area contributed by atoms with Crippen molar-refractivity contribution < 1.29 is 22.7 Å². The average Bonchev–Trinajstić information content (AvgIpc) is 2.26. The summed E-state index contributed by atoms with van der Waals surface area (Å²) in [5.41, 5.74) is 5.94. The minimum Gasteiger partial charge on any atom is -0.494 e. The highest BCUT2D eigenvalue weighted by atomic mass is 19.4. The highest BCUT2D eigenvalue weighted by Crippen LogP contribution is 2.25. The van der Waals surface area contributed by atoms with Crippen LogP contribution in [-0.2, 0) is 0 Å². The number of benzene rings is 1. The zero-order valence-electron chi connectivity index (χ0n) is 9.67. The van der Waals surface area contributed by atoms with Crippen molar-refractivity contribution in [1.29, 1.82) is 0 Å². The Kier molecular flexibility index (Phi) is 4.41. The molecule has 0 fully saturated rings. The third-order valence-corrected chi connectivity index (χ3v) is 2.19. The maximum absolute atomic E-state index is 11.9. The fourth-order valence-electron chi connectivity index (χ4n) is 1.37. The van der Waals surface area contributed by atoms with Crippen molar-refractivity contribution in [3.63, 3.8) is 0 Å². The van der Waals surface area contributed by atoms with Gasteiger partial charge in [-0.15, -0.1) is 0 Å². The summed E-state index contributed by atoms with van der Waals surface area (Å²) < 4.78 is 40.7. The van der Waals surface area contributed by atoms with Gasteiger partial charge in [-0.05, 0) is 12.1 Å². The number of nitrogen functional groups attached to an aromatic ring is 1. The molecule has 0 aliphatic carbocycles. The Balaban J connectivity index is 2.70. The lowest BCUT2D eigenvalue weighted by molar-refractivity contribution is -0.132. The summed E-state index contributed by atoms with van der Waals surface area (Å²) in [5.74, 6) is -0.495. The van der Waals surface area contributed by atoms with E-state index in [4.69, 9.17) is 10.5 Å². The molecule has 0 unspecified atom stereocenters. The number of hydrogen-bond donors (Lipinski definition) is 2. The van der Waals surface area contributed by atoms with Gasteiger partial charge in [-0.25, -0.2) is 0 Å². The predicted octanol–water partition coefficient (Wildman–Crippen LogP) is 1.96. The normalized spacial score (nSPS) is 11.1. The molecule has 4 nitrogen and oxygen atoms in total. The summed E-state index contributed by atoms with van der Waals surface area (Å²) in [5, 5.41) is 2.16. The van der Waals surface area contributed by atoms with E-state index in [2.05, 4.69) is 5.32 Å². The van der Waals surface area contributed by atoms with E-state index in [9.17, 15) is 18.0 Å². The number of ether oxygens (including phenoxy) is 1. The van der Waals surface area contributed by atoms with Crippen LogP contribution in [0.3, 0.4) is 0 Å². The number of rotatable bonds is 4. The molecule has 0 bridgehead atoms. The van der Waals surface area contributed by atoms with Crippen molar-refractivity contribution in [3.05, 3.63) is 23.8 Å². The van der Waals surface area contributed by atoms with Crippen molar-refractivity contribution in [1.82, 2.24) is 5.32 Å². The zero-order chi connectivity index (χ0) is 13.8. The van der Waals surface area contributed by atoms with Crippen LogP contribution in [0.4, 0.5) is 18.9 Å². The first-order valence-electron chi connectivity index (χ1n) is 5.12. The van der Waals surface area contributed by atoms with Gasteiger partial charge < -0.3 is 15.8 Å². The van der Waals surface area contributed by atoms with Crippen molar-refractivity contribution in [2.45, 2.75) is 12.6 Å². The van der Waals surface area contributed by atoms with E-state index in [0.29, 0.717) is 0 Å². The molecule has 100 valence electrons. The van der Waals surface area contributed by atoms with Crippen molar-refractivity contribution in [3.8, 4) is 5.75 Å². The van der Waals surface area contributed by atoms with E-state index in [1.165, 1.54) is 25.3 Å². The fraction of sp³-hybridized carbons (Fsp3) is 0.364. The summed E-state index contributed by atoms with van der Waals surface area (Å²) in [7, 11) is 1.33. The van der Waals surface area contributed by atoms with Gasteiger partial charge in [0.1, 0.15) is 0 Å². The predicted molar refractivity (Wildman–Crippen MR) is 60.4 cm³/mol. The third kappa shape index (κ3) is 3.83. The fourth-order valence-corrected chi connectivity index (χ4v) is 1.37. The largest absolute Gasteiger partial charge is 0.494 e. The molecule has 0 radical (unpaired) electrons. The van der Waals surface area contributed by atoms with Crippen molar-refractivity contribution in [2.24, 2.45) is 0 Å². The number of carbonyl (C=O) groups is 1. The number of amides is 1. The SMILES string of the molecule is COc1c(N)cccc1C(=O)NCCC(F)(F)F. The van der Waals surface area contributed by atoms with Gasteiger partial charge in [0.05, 0.1) is 24.8 Å². The first kappa shape index (κ1) is 14.1. The minimum atomic E-state index is -4.30. The molecule has 1 aromatic rings. The first-order chi connectivity index (χ1) is 8.35. The molecular weight excluding hydrogens is 249 g/mol. The Morgan fingerprint density at radius 2 is 2.11 bits per heavy atom. The van der Waals surface area contributed by atoms with Crippen LogP contribution in [-0.4, -0.2) is 25.7 Å². The molecule has 0 saturated carbocycles. The first-order valence-corrected chi connectivity index (χ1v) is 5.12. The smallest absolute Gasteiger partial charge is 0.390 e. The summed E-state index contributed by atoms with van der Waals surface area (Å²) in [4.78, 5) is 11.6. The molecule has 0 saturated heterocycles. The second-order valence-electron chi connectivity index (χ2n) is 3.55. The van der Waals surface area contributed by atoms with Crippen LogP contribution in [0, 0.1) is 0 Å². The van der Waals surface area contributed by atoms with E-state index < -0.39 is 25.0 Å². The Hall–Kier alpha value is -1.92. The van der Waals surface area contributed by atoms with E-state index in [1.807, 2.05) is 0 Å². The number of halogens is 3. The summed E-state index contributed by atoms with van der Waals surface area (Å²) in [6, 6.07) is 4.49. The van der Waals surface area contributed by atoms with E-state index in [-0.39, 0.29) is 17.0 Å². The van der Waals surface area contributed by atoms with Crippen LogP contribution in [0.5, 0.6) is 5.75 Å². The van der Waals surface area contributed by atoms with Gasteiger partial charge in [0, 0.05) is 6.54 Å². The summed E-state index contributed by atoms with van der Waals surface area (Å²) >= 11 is 0. The monoisotopic (exact) mass is 262 g/mol. The molecule has 18 heavy (non-hydrogen) atoms. The van der Waals surface area contributed by atoms with E-state index in [1.54, 1.807) is 0 Å². The molecular formula is C11H13F3N2O2. The van der Waals surface area contributed by atoms with E-state index in [0.717, 1.165) is 0 Å².